The summed E-state index contributed by atoms with van der Waals surface area (Å²) in [6.07, 6.45) is 0. The van der Waals surface area contributed by atoms with Crippen LogP contribution in [0.3, 0.4) is 0 Å². The molecule has 0 aliphatic carbocycles. The maximum atomic E-state index is 6.53. The first-order chi connectivity index (χ1) is 18.8. The Morgan fingerprint density at radius 1 is 0.500 bits per heavy atom. The quantitative estimate of drug-likeness (QED) is 0.245. The number of aromatic nitrogens is 3. The van der Waals surface area contributed by atoms with Crippen LogP contribution in [0.25, 0.3) is 61.4 Å². The first kappa shape index (κ1) is 22.3. The molecule has 2 radical (unpaired) electrons. The molecule has 2 aromatic heterocycles. The number of fused-ring (bicyclic) bond motifs is 3. The molecule has 0 aliphatic heterocycles. The third-order valence-corrected chi connectivity index (χ3v) is 6.95. The molecule has 0 saturated heterocycles. The number of rotatable bonds is 4. The monoisotopic (exact) mass is 483 g/mol. The Morgan fingerprint density at radius 2 is 1.08 bits per heavy atom. The van der Waals surface area contributed by atoms with Crippen molar-refractivity contribution in [1.29, 1.82) is 0 Å². The van der Waals surface area contributed by atoms with Crippen LogP contribution in [-0.4, -0.2) is 22.4 Å². The summed E-state index contributed by atoms with van der Waals surface area (Å²) in [6, 6.07) is 45.5. The van der Waals surface area contributed by atoms with Crippen molar-refractivity contribution in [1.82, 2.24) is 14.5 Å². The van der Waals surface area contributed by atoms with Gasteiger partial charge in [0.1, 0.15) is 7.85 Å². The second-order valence-corrected chi connectivity index (χ2v) is 9.34. The van der Waals surface area contributed by atoms with Crippen molar-refractivity contribution >= 4 is 35.1 Å². The van der Waals surface area contributed by atoms with Crippen molar-refractivity contribution in [3.8, 4) is 39.6 Å². The molecule has 0 unspecified atom stereocenters. The highest BCUT2D eigenvalue weighted by molar-refractivity contribution is 6.40. The highest BCUT2D eigenvalue weighted by Crippen LogP contribution is 2.33. The molecule has 0 atom stereocenters. The number of hydrogen-bond donors (Lipinski definition) is 0. The maximum absolute atomic E-state index is 6.53. The molecular formula is C34H22BN3. The van der Waals surface area contributed by atoms with Gasteiger partial charge in [0.05, 0.1) is 16.9 Å². The number of hydrogen-bond acceptors (Lipinski definition) is 2. The number of nitrogens with zero attached hydrogens (tertiary/aromatic N) is 3. The molecule has 7 rings (SSSR count). The second kappa shape index (κ2) is 9.17. The summed E-state index contributed by atoms with van der Waals surface area (Å²) in [5.41, 5.74) is 8.72. The Balaban J connectivity index is 1.45. The lowest BCUT2D eigenvalue weighted by atomic mass is 9.93. The minimum absolute atomic E-state index is 0.681. The maximum Gasteiger partial charge on any atom is 0.160 e. The molecule has 4 heteroatoms. The van der Waals surface area contributed by atoms with Gasteiger partial charge in [-0.2, -0.15) is 0 Å². The molecule has 5 aromatic carbocycles. The Morgan fingerprint density at radius 3 is 1.79 bits per heavy atom. The van der Waals surface area contributed by atoms with Crippen molar-refractivity contribution in [2.75, 3.05) is 0 Å². The third-order valence-electron chi connectivity index (χ3n) is 6.95. The van der Waals surface area contributed by atoms with Crippen molar-refractivity contribution in [2.45, 2.75) is 0 Å². The van der Waals surface area contributed by atoms with Gasteiger partial charge in [0.2, 0.25) is 0 Å². The van der Waals surface area contributed by atoms with Gasteiger partial charge in [-0.15, -0.1) is 0 Å². The van der Waals surface area contributed by atoms with E-state index >= 15 is 0 Å². The van der Waals surface area contributed by atoms with Crippen LogP contribution in [0.1, 0.15) is 0 Å². The van der Waals surface area contributed by atoms with Gasteiger partial charge in [-0.25, -0.2) is 9.97 Å². The summed E-state index contributed by atoms with van der Waals surface area (Å²) in [5.74, 6) is 0.681. The van der Waals surface area contributed by atoms with E-state index < -0.39 is 0 Å². The van der Waals surface area contributed by atoms with Crippen LogP contribution in [0.4, 0.5) is 0 Å². The van der Waals surface area contributed by atoms with Gasteiger partial charge in [0.25, 0.3) is 0 Å². The molecular weight excluding hydrogens is 461 g/mol. The van der Waals surface area contributed by atoms with E-state index in [2.05, 4.69) is 89.5 Å². The van der Waals surface area contributed by atoms with E-state index in [1.165, 1.54) is 5.39 Å². The lowest BCUT2D eigenvalue weighted by molar-refractivity contribution is 1.16. The Bertz CT molecular complexity index is 1870. The first-order valence-electron chi connectivity index (χ1n) is 12.6. The summed E-state index contributed by atoms with van der Waals surface area (Å²) < 4.78 is 2.24. The van der Waals surface area contributed by atoms with Crippen LogP contribution in [0.5, 0.6) is 0 Å². The zero-order chi connectivity index (χ0) is 25.5. The van der Waals surface area contributed by atoms with Crippen molar-refractivity contribution in [2.24, 2.45) is 0 Å². The molecule has 0 amide bonds. The molecule has 0 spiro atoms. The largest absolute Gasteiger partial charge is 0.310 e. The summed E-state index contributed by atoms with van der Waals surface area (Å²) >= 11 is 0. The van der Waals surface area contributed by atoms with Crippen LogP contribution < -0.4 is 5.46 Å². The highest BCUT2D eigenvalue weighted by Gasteiger charge is 2.15. The zero-order valence-electron chi connectivity index (χ0n) is 20.6. The minimum atomic E-state index is 0.681. The summed E-state index contributed by atoms with van der Waals surface area (Å²) in [7, 11) is 6.53. The van der Waals surface area contributed by atoms with E-state index in [0.717, 1.165) is 55.6 Å². The van der Waals surface area contributed by atoms with E-state index in [1.807, 2.05) is 48.5 Å². The summed E-state index contributed by atoms with van der Waals surface area (Å²) in [6.45, 7) is 0. The van der Waals surface area contributed by atoms with E-state index in [0.29, 0.717) is 5.82 Å². The van der Waals surface area contributed by atoms with E-state index in [4.69, 9.17) is 17.8 Å². The van der Waals surface area contributed by atoms with E-state index in [9.17, 15) is 0 Å². The fraction of sp³-hybridized carbons (Fsp3) is 0. The van der Waals surface area contributed by atoms with E-state index in [-0.39, 0.29) is 0 Å². The predicted molar refractivity (Wildman–Crippen MR) is 158 cm³/mol. The van der Waals surface area contributed by atoms with Crippen LogP contribution in [0, 0.1) is 0 Å². The van der Waals surface area contributed by atoms with Gasteiger partial charge in [-0.05, 0) is 24.3 Å². The molecule has 3 nitrogen and oxygen atoms in total. The second-order valence-electron chi connectivity index (χ2n) is 9.34. The molecule has 38 heavy (non-hydrogen) atoms. The number of benzene rings is 5. The lowest BCUT2D eigenvalue weighted by Gasteiger charge is -2.13. The standard InChI is InChI=1S/C34H22BN3/c35-29-19-10-18-28-27-17-7-8-20-32(27)38(33(28)29)26-16-9-15-25(21-26)34-36-30(23-11-3-1-4-12-23)22-31(37-34)24-13-5-2-6-14-24/h1-22H. The van der Waals surface area contributed by atoms with Gasteiger partial charge in [-0.3, -0.25) is 0 Å². The molecule has 0 saturated carbocycles. The van der Waals surface area contributed by atoms with Crippen LogP contribution in [0.15, 0.2) is 133 Å². The molecule has 0 bridgehead atoms. The topological polar surface area (TPSA) is 30.7 Å². The fourth-order valence-electron chi connectivity index (χ4n) is 5.19. The van der Waals surface area contributed by atoms with Gasteiger partial charge < -0.3 is 4.57 Å². The molecule has 0 aliphatic rings. The van der Waals surface area contributed by atoms with Gasteiger partial charge in [0, 0.05) is 38.7 Å². The predicted octanol–water partition coefficient (Wildman–Crippen LogP) is 7.37. The molecule has 0 N–H and O–H groups in total. The Hall–Kier alpha value is -4.96. The third kappa shape index (κ3) is 3.79. The molecule has 0 fully saturated rings. The van der Waals surface area contributed by atoms with Gasteiger partial charge in [0.15, 0.2) is 5.82 Å². The SMILES string of the molecule is [B]c1cccc2c3ccccc3n(-c3cccc(-c4nc(-c5ccccc5)cc(-c5ccccc5)n4)c3)c12. The fourth-order valence-corrected chi connectivity index (χ4v) is 5.19. The minimum Gasteiger partial charge on any atom is -0.310 e. The van der Waals surface area contributed by atoms with E-state index in [1.54, 1.807) is 0 Å². The zero-order valence-corrected chi connectivity index (χ0v) is 20.6. The first-order valence-corrected chi connectivity index (χ1v) is 12.6. The summed E-state index contributed by atoms with van der Waals surface area (Å²) in [4.78, 5) is 10.0. The average Bonchev–Trinajstić information content (AvgIpc) is 3.34. The van der Waals surface area contributed by atoms with Crippen LogP contribution in [-0.2, 0) is 0 Å². The Kier molecular flexibility index (Phi) is 5.37. The lowest BCUT2D eigenvalue weighted by Crippen LogP contribution is -2.08. The van der Waals surface area contributed by atoms with Crippen molar-refractivity contribution in [3.05, 3.63) is 133 Å². The smallest absolute Gasteiger partial charge is 0.160 e. The van der Waals surface area contributed by atoms with Crippen molar-refractivity contribution in [3.63, 3.8) is 0 Å². The number of para-hydroxylation sites is 2. The summed E-state index contributed by atoms with van der Waals surface area (Å²) in [5, 5.41) is 2.31. The normalized spacial score (nSPS) is 11.3. The van der Waals surface area contributed by atoms with Gasteiger partial charge in [-0.1, -0.05) is 115 Å². The molecule has 2 heterocycles. The van der Waals surface area contributed by atoms with Crippen LogP contribution >= 0.6 is 0 Å². The molecule has 7 aromatic rings. The molecule has 176 valence electrons. The highest BCUT2D eigenvalue weighted by atomic mass is 15.0. The van der Waals surface area contributed by atoms with Crippen LogP contribution in [0.2, 0.25) is 0 Å². The van der Waals surface area contributed by atoms with Gasteiger partial charge >= 0.3 is 0 Å². The Labute approximate surface area is 222 Å². The average molecular weight is 483 g/mol. The van der Waals surface area contributed by atoms with Crippen molar-refractivity contribution < 1.29 is 0 Å².